The maximum absolute atomic E-state index is 12.3. The van der Waals surface area contributed by atoms with Crippen LogP contribution in [0.3, 0.4) is 0 Å². The van der Waals surface area contributed by atoms with E-state index in [1.807, 2.05) is 30.3 Å². The van der Waals surface area contributed by atoms with Crippen molar-refractivity contribution in [3.63, 3.8) is 0 Å². The molecule has 11 heteroatoms. The van der Waals surface area contributed by atoms with Crippen LogP contribution in [0.5, 0.6) is 5.75 Å². The highest BCUT2D eigenvalue weighted by Gasteiger charge is 2.15. The van der Waals surface area contributed by atoms with Gasteiger partial charge in [0, 0.05) is 17.9 Å². The number of carbonyl (C=O) groups is 1. The predicted molar refractivity (Wildman–Crippen MR) is 117 cm³/mol. The highest BCUT2D eigenvalue weighted by atomic mass is 32.2. The first-order valence-electron chi connectivity index (χ1n) is 8.90. The second-order valence-electron chi connectivity index (χ2n) is 5.97. The molecule has 0 atom stereocenters. The van der Waals surface area contributed by atoms with Gasteiger partial charge < -0.3 is 10.1 Å². The molecule has 0 spiro atoms. The maximum atomic E-state index is 12.3. The number of benzene rings is 2. The number of methoxy groups -OCH3 is 1. The third kappa shape index (κ3) is 6.52. The highest BCUT2D eigenvalue weighted by molar-refractivity contribution is 7.98. The molecular weight excluding hydrogens is 444 g/mol. The first-order chi connectivity index (χ1) is 14.5. The van der Waals surface area contributed by atoms with Crippen LogP contribution in [0.2, 0.25) is 0 Å². The third-order valence-electron chi connectivity index (χ3n) is 3.83. The summed E-state index contributed by atoms with van der Waals surface area (Å²) in [4.78, 5) is 13.3. The molecule has 158 valence electrons. The van der Waals surface area contributed by atoms with Crippen molar-refractivity contribution in [2.24, 2.45) is 0 Å². The zero-order chi connectivity index (χ0) is 21.4. The average Bonchev–Trinajstić information content (AvgIpc) is 3.20. The van der Waals surface area contributed by atoms with Gasteiger partial charge in [0.15, 0.2) is 0 Å². The molecule has 0 saturated carbocycles. The van der Waals surface area contributed by atoms with E-state index in [2.05, 4.69) is 20.2 Å². The molecule has 0 fully saturated rings. The summed E-state index contributed by atoms with van der Waals surface area (Å²) in [6.45, 7) is -0.0320. The van der Waals surface area contributed by atoms with E-state index in [4.69, 9.17) is 4.74 Å². The second-order valence-corrected chi connectivity index (χ2v) is 9.85. The lowest BCUT2D eigenvalue weighted by Crippen LogP contribution is -2.27. The number of hydrogen-bond donors (Lipinski definition) is 2. The fourth-order valence-electron chi connectivity index (χ4n) is 2.34. The lowest BCUT2D eigenvalue weighted by atomic mass is 10.3. The molecule has 0 saturated heterocycles. The van der Waals surface area contributed by atoms with Gasteiger partial charge in [0.2, 0.25) is 21.1 Å². The van der Waals surface area contributed by atoms with Crippen molar-refractivity contribution < 1.29 is 17.9 Å². The Kier molecular flexibility index (Phi) is 7.80. The third-order valence-corrected chi connectivity index (χ3v) is 7.35. The summed E-state index contributed by atoms with van der Waals surface area (Å²) in [6, 6.07) is 15.9. The fourth-order valence-corrected chi connectivity index (χ4v) is 5.04. The molecular formula is C19H20N4O4S3. The van der Waals surface area contributed by atoms with Crippen molar-refractivity contribution in [3.8, 4) is 5.75 Å². The van der Waals surface area contributed by atoms with Crippen molar-refractivity contribution in [2.75, 3.05) is 19.0 Å². The zero-order valence-electron chi connectivity index (χ0n) is 16.1. The van der Waals surface area contributed by atoms with Gasteiger partial charge in [0.25, 0.3) is 0 Å². The van der Waals surface area contributed by atoms with Gasteiger partial charge in [-0.25, -0.2) is 13.1 Å². The number of nitrogens with one attached hydrogen (secondary N) is 2. The summed E-state index contributed by atoms with van der Waals surface area (Å²) >= 11 is 2.93. The van der Waals surface area contributed by atoms with Gasteiger partial charge in [-0.1, -0.05) is 29.5 Å². The van der Waals surface area contributed by atoms with Crippen LogP contribution < -0.4 is 14.8 Å². The van der Waals surface area contributed by atoms with Gasteiger partial charge in [0.05, 0.1) is 17.8 Å². The van der Waals surface area contributed by atoms with Gasteiger partial charge >= 0.3 is 0 Å². The molecule has 0 radical (unpaired) electrons. The smallest absolute Gasteiger partial charge is 0.240 e. The minimum Gasteiger partial charge on any atom is -0.497 e. The number of thioether (sulfide) groups is 1. The summed E-state index contributed by atoms with van der Waals surface area (Å²) < 4.78 is 31.9. The Bertz CT molecular complexity index is 1070. The van der Waals surface area contributed by atoms with Gasteiger partial charge in [0.1, 0.15) is 10.8 Å². The number of hydrogen-bond acceptors (Lipinski definition) is 8. The molecule has 3 aromatic rings. The Morgan fingerprint density at radius 2 is 1.83 bits per heavy atom. The summed E-state index contributed by atoms with van der Waals surface area (Å²) in [5, 5.41) is 11.9. The first kappa shape index (κ1) is 22.2. The monoisotopic (exact) mass is 464 g/mol. The molecule has 0 aliphatic rings. The van der Waals surface area contributed by atoms with Gasteiger partial charge in [-0.05, 0) is 36.4 Å². The van der Waals surface area contributed by atoms with E-state index in [1.54, 1.807) is 23.9 Å². The molecule has 1 heterocycles. The number of sulfonamides is 1. The first-order valence-corrected chi connectivity index (χ1v) is 12.2. The minimum absolute atomic E-state index is 0.0247. The standard InChI is InChI=1S/C19H20N4O4S3/c1-27-14-7-9-16(10-8-14)30(25,26)20-12-11-17(24)21-19-23-22-18(29-19)13-28-15-5-3-2-4-6-15/h2-10,20H,11-13H2,1H3,(H,21,23,24). The molecule has 0 aliphatic heterocycles. The van der Waals surface area contributed by atoms with Crippen molar-refractivity contribution in [2.45, 2.75) is 22.0 Å². The number of ether oxygens (including phenoxy) is 1. The molecule has 2 aromatic carbocycles. The summed E-state index contributed by atoms with van der Waals surface area (Å²) in [5.41, 5.74) is 0. The number of amides is 1. The van der Waals surface area contributed by atoms with Crippen LogP contribution >= 0.6 is 23.1 Å². The van der Waals surface area contributed by atoms with E-state index in [0.717, 1.165) is 9.90 Å². The molecule has 30 heavy (non-hydrogen) atoms. The van der Waals surface area contributed by atoms with Crippen molar-refractivity contribution in [1.82, 2.24) is 14.9 Å². The van der Waals surface area contributed by atoms with Crippen LogP contribution in [0.1, 0.15) is 11.4 Å². The van der Waals surface area contributed by atoms with Gasteiger partial charge in [-0.3, -0.25) is 4.79 Å². The number of nitrogens with zero attached hydrogens (tertiary/aromatic N) is 2. The van der Waals surface area contributed by atoms with Crippen molar-refractivity contribution >= 4 is 44.2 Å². The lowest BCUT2D eigenvalue weighted by Gasteiger charge is -2.07. The normalized spacial score (nSPS) is 11.2. The van der Waals surface area contributed by atoms with E-state index >= 15 is 0 Å². The Hall–Kier alpha value is -2.47. The summed E-state index contributed by atoms with van der Waals surface area (Å²) in [6.07, 6.45) is -0.0247. The number of aromatic nitrogens is 2. The lowest BCUT2D eigenvalue weighted by molar-refractivity contribution is -0.116. The molecule has 3 rings (SSSR count). The molecule has 8 nitrogen and oxygen atoms in total. The van der Waals surface area contributed by atoms with Crippen molar-refractivity contribution in [3.05, 3.63) is 59.6 Å². The number of anilines is 1. The van der Waals surface area contributed by atoms with E-state index < -0.39 is 10.0 Å². The van der Waals surface area contributed by atoms with E-state index in [1.165, 1.54) is 30.6 Å². The largest absolute Gasteiger partial charge is 0.497 e. The van der Waals surface area contributed by atoms with E-state index in [0.29, 0.717) is 16.6 Å². The van der Waals surface area contributed by atoms with E-state index in [9.17, 15) is 13.2 Å². The highest BCUT2D eigenvalue weighted by Crippen LogP contribution is 2.25. The quantitative estimate of drug-likeness (QED) is 0.444. The van der Waals surface area contributed by atoms with Gasteiger partial charge in [-0.15, -0.1) is 22.0 Å². The van der Waals surface area contributed by atoms with Crippen molar-refractivity contribution in [1.29, 1.82) is 0 Å². The van der Waals surface area contributed by atoms with Crippen LogP contribution in [-0.4, -0.2) is 38.2 Å². The molecule has 0 bridgehead atoms. The van der Waals surface area contributed by atoms with E-state index in [-0.39, 0.29) is 23.8 Å². The Labute approximate surface area is 183 Å². The molecule has 0 aliphatic carbocycles. The van der Waals surface area contributed by atoms with Gasteiger partial charge in [-0.2, -0.15) is 0 Å². The SMILES string of the molecule is COc1ccc(S(=O)(=O)NCCC(=O)Nc2nnc(CSc3ccccc3)s2)cc1. The Morgan fingerprint density at radius 3 is 2.53 bits per heavy atom. The Balaban J connectivity index is 1.43. The molecule has 0 unspecified atom stereocenters. The summed E-state index contributed by atoms with van der Waals surface area (Å²) in [5.74, 6) is 0.872. The molecule has 1 aromatic heterocycles. The topological polar surface area (TPSA) is 110 Å². The predicted octanol–water partition coefficient (Wildman–Crippen LogP) is 3.15. The van der Waals surface area contributed by atoms with Crippen LogP contribution in [0.4, 0.5) is 5.13 Å². The van der Waals surface area contributed by atoms with Crippen LogP contribution in [0, 0.1) is 0 Å². The zero-order valence-corrected chi connectivity index (χ0v) is 18.5. The minimum atomic E-state index is -3.70. The van der Waals surface area contributed by atoms with Crippen LogP contribution in [-0.2, 0) is 20.6 Å². The summed E-state index contributed by atoms with van der Waals surface area (Å²) in [7, 11) is -2.19. The second kappa shape index (κ2) is 10.5. The average molecular weight is 465 g/mol. The van der Waals surface area contributed by atoms with Crippen LogP contribution in [0.25, 0.3) is 0 Å². The maximum Gasteiger partial charge on any atom is 0.240 e. The Morgan fingerprint density at radius 1 is 1.10 bits per heavy atom. The number of carbonyl (C=O) groups excluding carboxylic acids is 1. The molecule has 1 amide bonds. The molecule has 2 N–H and O–H groups in total. The fraction of sp³-hybridized carbons (Fsp3) is 0.211. The number of rotatable bonds is 10. The van der Waals surface area contributed by atoms with Crippen LogP contribution in [0.15, 0.2) is 64.4 Å².